The number of hydrogen-bond donors (Lipinski definition) is 2. The maximum Gasteiger partial charge on any atom is 0.338 e. The van der Waals surface area contributed by atoms with Gasteiger partial charge in [-0.15, -0.1) is 0 Å². The molecule has 5 atom stereocenters. The number of benzene rings is 2. The Balaban J connectivity index is 1.26. The molecular formula is C26H28O6. The minimum atomic E-state index is -0.420. The minimum Gasteiger partial charge on any atom is -0.508 e. The Kier molecular flexibility index (Phi) is 5.31. The Morgan fingerprint density at radius 1 is 0.906 bits per heavy atom. The Bertz CT molecular complexity index is 1030. The molecule has 6 heteroatoms. The smallest absolute Gasteiger partial charge is 0.338 e. The third-order valence-corrected chi connectivity index (χ3v) is 8.01. The van der Waals surface area contributed by atoms with Crippen molar-refractivity contribution in [3.05, 3.63) is 59.7 Å². The molecule has 168 valence electrons. The van der Waals surface area contributed by atoms with E-state index in [-0.39, 0.29) is 22.8 Å². The first kappa shape index (κ1) is 20.9. The average molecular weight is 437 g/mol. The number of fused-ring (bicyclic) bond motifs is 5. The number of carbonyl (C=O) groups is 2. The van der Waals surface area contributed by atoms with Crippen LogP contribution in [0.15, 0.2) is 48.5 Å². The third-order valence-electron chi connectivity index (χ3n) is 8.01. The van der Waals surface area contributed by atoms with E-state index in [9.17, 15) is 19.8 Å². The van der Waals surface area contributed by atoms with Crippen molar-refractivity contribution in [2.45, 2.75) is 32.1 Å². The number of ether oxygens (including phenoxy) is 2. The van der Waals surface area contributed by atoms with Gasteiger partial charge in [0.05, 0.1) is 24.3 Å². The van der Waals surface area contributed by atoms with Gasteiger partial charge in [-0.3, -0.25) is 0 Å². The Morgan fingerprint density at radius 3 is 2.22 bits per heavy atom. The summed E-state index contributed by atoms with van der Waals surface area (Å²) >= 11 is 0. The molecule has 0 aromatic heterocycles. The van der Waals surface area contributed by atoms with Crippen LogP contribution >= 0.6 is 0 Å². The van der Waals surface area contributed by atoms with Crippen LogP contribution in [0.2, 0.25) is 0 Å². The van der Waals surface area contributed by atoms with Gasteiger partial charge >= 0.3 is 11.9 Å². The minimum absolute atomic E-state index is 0.0426. The van der Waals surface area contributed by atoms with Crippen molar-refractivity contribution in [1.82, 2.24) is 0 Å². The molecule has 0 heterocycles. The van der Waals surface area contributed by atoms with E-state index in [4.69, 9.17) is 9.47 Å². The Labute approximate surface area is 187 Å². The van der Waals surface area contributed by atoms with Crippen LogP contribution in [-0.4, -0.2) is 35.4 Å². The topological polar surface area (TPSA) is 93.1 Å². The summed E-state index contributed by atoms with van der Waals surface area (Å²) in [4.78, 5) is 25.1. The van der Waals surface area contributed by atoms with Crippen LogP contribution in [-0.2, 0) is 9.47 Å². The zero-order chi connectivity index (χ0) is 22.3. The number of phenols is 2. The molecule has 2 N–H and O–H groups in total. The van der Waals surface area contributed by atoms with E-state index >= 15 is 0 Å². The van der Waals surface area contributed by atoms with Crippen LogP contribution in [0.4, 0.5) is 0 Å². The molecule has 3 fully saturated rings. The summed E-state index contributed by atoms with van der Waals surface area (Å²) in [6, 6.07) is 12.4. The van der Waals surface area contributed by atoms with Crippen molar-refractivity contribution < 1.29 is 29.3 Å². The van der Waals surface area contributed by atoms with Crippen molar-refractivity contribution in [3.63, 3.8) is 0 Å². The molecule has 2 aromatic rings. The van der Waals surface area contributed by atoms with Crippen molar-refractivity contribution in [1.29, 1.82) is 0 Å². The Morgan fingerprint density at radius 2 is 1.56 bits per heavy atom. The van der Waals surface area contributed by atoms with Gasteiger partial charge in [0.25, 0.3) is 0 Å². The van der Waals surface area contributed by atoms with E-state index in [1.54, 1.807) is 24.3 Å². The molecule has 3 aliphatic carbocycles. The normalized spacial score (nSPS) is 30.1. The zero-order valence-electron chi connectivity index (χ0n) is 17.9. The van der Waals surface area contributed by atoms with E-state index in [0.29, 0.717) is 42.1 Å². The van der Waals surface area contributed by atoms with Crippen molar-refractivity contribution >= 4 is 11.9 Å². The summed E-state index contributed by atoms with van der Waals surface area (Å²) in [6.45, 7) is 0.731. The lowest BCUT2D eigenvalue weighted by atomic mass is 9.66. The molecule has 0 aliphatic heterocycles. The van der Waals surface area contributed by atoms with Gasteiger partial charge in [-0.1, -0.05) is 12.1 Å². The molecule has 6 nitrogen and oxygen atoms in total. The number of rotatable bonds is 6. The van der Waals surface area contributed by atoms with Crippen molar-refractivity contribution in [2.75, 3.05) is 13.2 Å². The second-order valence-corrected chi connectivity index (χ2v) is 9.60. The van der Waals surface area contributed by atoms with Gasteiger partial charge in [0.2, 0.25) is 0 Å². The van der Waals surface area contributed by atoms with Crippen molar-refractivity contribution in [2.24, 2.45) is 29.1 Å². The quantitative estimate of drug-likeness (QED) is 0.645. The number of aromatic hydroxyl groups is 2. The fourth-order valence-corrected chi connectivity index (χ4v) is 6.75. The molecule has 0 radical (unpaired) electrons. The molecule has 5 rings (SSSR count). The first-order valence-electron chi connectivity index (χ1n) is 11.4. The summed E-state index contributed by atoms with van der Waals surface area (Å²) < 4.78 is 11.4. The summed E-state index contributed by atoms with van der Waals surface area (Å²) in [7, 11) is 0. The predicted octanol–water partition coefficient (Wildman–Crippen LogP) is 4.55. The van der Waals surface area contributed by atoms with E-state index in [1.807, 2.05) is 0 Å². The van der Waals surface area contributed by atoms with Gasteiger partial charge in [0.1, 0.15) is 11.5 Å². The molecular weight excluding hydrogens is 408 g/mol. The standard InChI is InChI=1S/C26H28O6/c27-21-5-1-3-17(12-21)24(29)31-14-19-9-10-26(20-8-7-16(11-20)23(19)26)15-32-25(30)18-4-2-6-22(28)13-18/h1-6,12-13,16,19-20,23,27-28H,7-11,14-15H2. The lowest BCUT2D eigenvalue weighted by Gasteiger charge is -2.40. The molecule has 3 saturated carbocycles. The first-order valence-corrected chi connectivity index (χ1v) is 11.4. The zero-order valence-corrected chi connectivity index (χ0v) is 17.9. The van der Waals surface area contributed by atoms with Crippen LogP contribution in [0.3, 0.4) is 0 Å². The number of carbonyl (C=O) groups excluding carboxylic acids is 2. The van der Waals surface area contributed by atoms with Gasteiger partial charge in [-0.25, -0.2) is 9.59 Å². The fourth-order valence-electron chi connectivity index (χ4n) is 6.75. The third kappa shape index (κ3) is 3.61. The summed E-state index contributed by atoms with van der Waals surface area (Å²) in [6.07, 6.45) is 5.44. The summed E-state index contributed by atoms with van der Waals surface area (Å²) in [5, 5.41) is 19.3. The number of phenolic OH excluding ortho intramolecular Hbond substituents is 2. The second kappa shape index (κ2) is 8.15. The second-order valence-electron chi connectivity index (χ2n) is 9.60. The van der Waals surface area contributed by atoms with Crippen LogP contribution in [0.25, 0.3) is 0 Å². The predicted molar refractivity (Wildman–Crippen MR) is 116 cm³/mol. The van der Waals surface area contributed by atoms with E-state index in [2.05, 4.69) is 0 Å². The highest BCUT2D eigenvalue weighted by Crippen LogP contribution is 2.68. The SMILES string of the molecule is O=C(OCC1CCC2(COC(=O)c3cccc(O)c3)C3CCC(C3)C12)c1cccc(O)c1. The van der Waals surface area contributed by atoms with Gasteiger partial charge in [-0.2, -0.15) is 0 Å². The lowest BCUT2D eigenvalue weighted by molar-refractivity contribution is -0.0156. The van der Waals surface area contributed by atoms with Gasteiger partial charge in [0, 0.05) is 5.41 Å². The van der Waals surface area contributed by atoms with Crippen LogP contribution < -0.4 is 0 Å². The van der Waals surface area contributed by atoms with E-state index in [0.717, 1.165) is 19.3 Å². The largest absolute Gasteiger partial charge is 0.508 e. The van der Waals surface area contributed by atoms with E-state index < -0.39 is 11.9 Å². The molecule has 2 bridgehead atoms. The molecule has 0 amide bonds. The average Bonchev–Trinajstić information content (AvgIpc) is 3.48. The number of hydrogen-bond acceptors (Lipinski definition) is 6. The molecule has 0 spiro atoms. The lowest BCUT2D eigenvalue weighted by Crippen LogP contribution is -2.40. The van der Waals surface area contributed by atoms with Crippen LogP contribution in [0, 0.1) is 29.1 Å². The summed E-state index contributed by atoms with van der Waals surface area (Å²) in [5.74, 6) is 1.03. The van der Waals surface area contributed by atoms with Crippen molar-refractivity contribution in [3.8, 4) is 11.5 Å². The highest BCUT2D eigenvalue weighted by atomic mass is 16.5. The molecule has 3 aliphatic rings. The summed E-state index contributed by atoms with van der Waals surface area (Å²) in [5.41, 5.74) is 0.662. The molecule has 32 heavy (non-hydrogen) atoms. The van der Waals surface area contributed by atoms with Gasteiger partial charge < -0.3 is 19.7 Å². The Hall–Kier alpha value is -3.02. The van der Waals surface area contributed by atoms with Crippen LogP contribution in [0.1, 0.15) is 52.8 Å². The molecule has 0 saturated heterocycles. The highest BCUT2D eigenvalue weighted by Gasteiger charge is 2.63. The maximum atomic E-state index is 12.6. The number of esters is 2. The first-order chi connectivity index (χ1) is 15.5. The maximum absolute atomic E-state index is 12.6. The van der Waals surface area contributed by atoms with Gasteiger partial charge in [-0.05, 0) is 92.2 Å². The van der Waals surface area contributed by atoms with Crippen LogP contribution in [0.5, 0.6) is 11.5 Å². The molecule has 2 aromatic carbocycles. The molecule has 5 unspecified atom stereocenters. The highest BCUT2D eigenvalue weighted by molar-refractivity contribution is 5.90. The van der Waals surface area contributed by atoms with E-state index in [1.165, 1.54) is 37.1 Å². The van der Waals surface area contributed by atoms with Gasteiger partial charge in [0.15, 0.2) is 0 Å². The monoisotopic (exact) mass is 436 g/mol. The fraction of sp³-hybridized carbons (Fsp3) is 0.462.